The molecule has 1 aliphatic heterocycles. The molecule has 6 rings (SSSR count). The van der Waals surface area contributed by atoms with Crippen molar-refractivity contribution in [3.8, 4) is 0 Å². The van der Waals surface area contributed by atoms with Crippen LogP contribution >= 0.6 is 0 Å². The number of allylic oxidation sites excluding steroid dienone is 4. The van der Waals surface area contributed by atoms with E-state index in [-0.39, 0.29) is 29.3 Å². The zero-order valence-corrected chi connectivity index (χ0v) is 17.5. The number of ketones is 2. The standard InChI is InChI=1S/C27H23NO4/c29-21-14-17(23-8-4-10-31-23)12-19-26(21)25(16-6-2-1-3-7-16)27-20(28-19)13-18(15-22(27)30)24-9-5-11-32-24/h1-11,17-18,25,28H,12-15H2. The summed E-state index contributed by atoms with van der Waals surface area (Å²) in [7, 11) is 0. The Morgan fingerprint density at radius 2 is 1.19 bits per heavy atom. The van der Waals surface area contributed by atoms with Gasteiger partial charge in [0.05, 0.1) is 12.5 Å². The van der Waals surface area contributed by atoms with Gasteiger partial charge in [-0.3, -0.25) is 9.59 Å². The van der Waals surface area contributed by atoms with Crippen molar-refractivity contribution in [1.82, 2.24) is 5.32 Å². The second-order valence-electron chi connectivity index (χ2n) is 8.84. The molecular weight excluding hydrogens is 402 g/mol. The zero-order valence-electron chi connectivity index (χ0n) is 17.5. The summed E-state index contributed by atoms with van der Waals surface area (Å²) >= 11 is 0. The molecule has 2 aliphatic carbocycles. The molecule has 3 aromatic rings. The van der Waals surface area contributed by atoms with Gasteiger partial charge in [0.15, 0.2) is 11.6 Å². The number of dihydropyridines is 1. The van der Waals surface area contributed by atoms with Crippen molar-refractivity contribution in [2.45, 2.75) is 43.4 Å². The van der Waals surface area contributed by atoms with Gasteiger partial charge in [-0.1, -0.05) is 30.3 Å². The summed E-state index contributed by atoms with van der Waals surface area (Å²) in [6.07, 6.45) is 5.47. The molecule has 3 heterocycles. The van der Waals surface area contributed by atoms with Crippen LogP contribution in [0, 0.1) is 0 Å². The van der Waals surface area contributed by atoms with E-state index in [1.165, 1.54) is 0 Å². The average Bonchev–Trinajstić information content (AvgIpc) is 3.52. The quantitative estimate of drug-likeness (QED) is 0.612. The number of hydrogen-bond acceptors (Lipinski definition) is 5. The molecule has 5 nitrogen and oxygen atoms in total. The predicted molar refractivity (Wildman–Crippen MR) is 118 cm³/mol. The second-order valence-corrected chi connectivity index (χ2v) is 8.84. The molecule has 160 valence electrons. The van der Waals surface area contributed by atoms with Gasteiger partial charge in [0.25, 0.3) is 0 Å². The van der Waals surface area contributed by atoms with Crippen LogP contribution in [-0.2, 0) is 9.59 Å². The fraction of sp³-hybridized carbons (Fsp3) is 0.259. The van der Waals surface area contributed by atoms with Crippen molar-refractivity contribution < 1.29 is 18.4 Å². The Morgan fingerprint density at radius 3 is 1.66 bits per heavy atom. The minimum absolute atomic E-state index is 0.00230. The Balaban J connectivity index is 1.45. The van der Waals surface area contributed by atoms with Crippen LogP contribution in [0.1, 0.15) is 60.5 Å². The fourth-order valence-corrected chi connectivity index (χ4v) is 5.52. The zero-order chi connectivity index (χ0) is 21.7. The first kappa shape index (κ1) is 19.1. The SMILES string of the molecule is O=C1CC(c2ccco2)CC2=C1C(c1ccccc1)C1=C(CC(c3ccco3)CC1=O)N2. The summed E-state index contributed by atoms with van der Waals surface area (Å²) in [6, 6.07) is 17.5. The molecule has 0 fully saturated rings. The van der Waals surface area contributed by atoms with Gasteiger partial charge in [-0.25, -0.2) is 0 Å². The molecule has 1 N–H and O–H groups in total. The molecule has 0 bridgehead atoms. The monoisotopic (exact) mass is 425 g/mol. The number of rotatable bonds is 3. The first-order valence-corrected chi connectivity index (χ1v) is 11.1. The summed E-state index contributed by atoms with van der Waals surface area (Å²) in [6.45, 7) is 0. The maximum Gasteiger partial charge on any atom is 0.162 e. The van der Waals surface area contributed by atoms with Gasteiger partial charge in [-0.2, -0.15) is 0 Å². The van der Waals surface area contributed by atoms with Crippen molar-refractivity contribution in [2.75, 3.05) is 0 Å². The lowest BCUT2D eigenvalue weighted by Crippen LogP contribution is -2.38. The van der Waals surface area contributed by atoms with Gasteiger partial charge in [0, 0.05) is 53.1 Å². The van der Waals surface area contributed by atoms with Crippen molar-refractivity contribution in [2.24, 2.45) is 0 Å². The largest absolute Gasteiger partial charge is 0.469 e. The van der Waals surface area contributed by atoms with Crippen LogP contribution in [0.15, 0.2) is 98.5 Å². The summed E-state index contributed by atoms with van der Waals surface area (Å²) in [5.41, 5.74) is 4.31. The molecular formula is C27H23NO4. The number of hydrogen-bond donors (Lipinski definition) is 1. The molecule has 2 atom stereocenters. The van der Waals surface area contributed by atoms with Gasteiger partial charge < -0.3 is 14.2 Å². The maximum atomic E-state index is 13.5. The molecule has 0 saturated heterocycles. The molecule has 32 heavy (non-hydrogen) atoms. The lowest BCUT2D eigenvalue weighted by Gasteiger charge is -2.40. The van der Waals surface area contributed by atoms with E-state index in [9.17, 15) is 9.59 Å². The van der Waals surface area contributed by atoms with Crippen LogP contribution in [0.4, 0.5) is 0 Å². The van der Waals surface area contributed by atoms with E-state index in [0.717, 1.165) is 39.6 Å². The fourth-order valence-electron chi connectivity index (χ4n) is 5.52. The lowest BCUT2D eigenvalue weighted by atomic mass is 9.68. The molecule has 0 spiro atoms. The van der Waals surface area contributed by atoms with Crippen LogP contribution in [-0.4, -0.2) is 11.6 Å². The Hall–Kier alpha value is -3.60. The van der Waals surface area contributed by atoms with Crippen molar-refractivity contribution in [3.63, 3.8) is 0 Å². The third-order valence-corrected chi connectivity index (χ3v) is 6.92. The van der Waals surface area contributed by atoms with Gasteiger partial charge >= 0.3 is 0 Å². The highest BCUT2D eigenvalue weighted by Gasteiger charge is 2.44. The molecule has 2 unspecified atom stereocenters. The normalized spacial score (nSPS) is 25.4. The highest BCUT2D eigenvalue weighted by Crippen LogP contribution is 2.49. The highest BCUT2D eigenvalue weighted by atomic mass is 16.3. The van der Waals surface area contributed by atoms with Gasteiger partial charge in [-0.15, -0.1) is 0 Å². The molecule has 3 aliphatic rings. The van der Waals surface area contributed by atoms with Crippen molar-refractivity contribution in [3.05, 3.63) is 107 Å². The van der Waals surface area contributed by atoms with E-state index in [4.69, 9.17) is 8.83 Å². The minimum Gasteiger partial charge on any atom is -0.469 e. The number of Topliss-reactive ketones (excluding diaryl/α,β-unsaturated/α-hetero) is 2. The van der Waals surface area contributed by atoms with Gasteiger partial charge in [-0.05, 0) is 42.7 Å². The summed E-state index contributed by atoms with van der Waals surface area (Å²) < 4.78 is 11.2. The van der Waals surface area contributed by atoms with Gasteiger partial charge in [0.1, 0.15) is 11.5 Å². The Morgan fingerprint density at radius 1 is 0.656 bits per heavy atom. The lowest BCUT2D eigenvalue weighted by molar-refractivity contribution is -0.117. The average molecular weight is 425 g/mol. The first-order chi connectivity index (χ1) is 15.7. The van der Waals surface area contributed by atoms with Crippen LogP contribution in [0.2, 0.25) is 0 Å². The maximum absolute atomic E-state index is 13.5. The minimum atomic E-state index is -0.322. The van der Waals surface area contributed by atoms with Crippen molar-refractivity contribution >= 4 is 11.6 Å². The molecule has 2 aromatic heterocycles. The van der Waals surface area contributed by atoms with Crippen LogP contribution in [0.5, 0.6) is 0 Å². The number of carbonyl (C=O) groups excluding carboxylic acids is 2. The third kappa shape index (κ3) is 3.08. The number of carbonyl (C=O) groups is 2. The summed E-state index contributed by atoms with van der Waals surface area (Å²) in [4.78, 5) is 26.9. The Kier molecular flexibility index (Phi) is 4.49. The van der Waals surface area contributed by atoms with E-state index in [1.807, 2.05) is 54.6 Å². The smallest absolute Gasteiger partial charge is 0.162 e. The molecule has 0 amide bonds. The molecule has 1 aromatic carbocycles. The number of nitrogens with one attached hydrogen (secondary N) is 1. The van der Waals surface area contributed by atoms with E-state index < -0.39 is 0 Å². The van der Waals surface area contributed by atoms with E-state index in [0.29, 0.717) is 25.7 Å². The topological polar surface area (TPSA) is 72.5 Å². The van der Waals surface area contributed by atoms with Crippen LogP contribution in [0.3, 0.4) is 0 Å². The van der Waals surface area contributed by atoms with E-state index in [1.54, 1.807) is 12.5 Å². The first-order valence-electron chi connectivity index (χ1n) is 11.1. The third-order valence-electron chi connectivity index (χ3n) is 6.92. The highest BCUT2D eigenvalue weighted by molar-refractivity contribution is 6.06. The van der Waals surface area contributed by atoms with E-state index in [2.05, 4.69) is 5.32 Å². The van der Waals surface area contributed by atoms with Crippen LogP contribution in [0.25, 0.3) is 0 Å². The molecule has 0 saturated carbocycles. The summed E-state index contributed by atoms with van der Waals surface area (Å²) in [5, 5.41) is 3.54. The number of furan rings is 2. The second kappa shape index (κ2) is 7.52. The molecule has 0 radical (unpaired) electrons. The Bertz CT molecular complexity index is 1150. The predicted octanol–water partition coefficient (Wildman–Crippen LogP) is 5.36. The van der Waals surface area contributed by atoms with Crippen LogP contribution < -0.4 is 5.32 Å². The molecule has 5 heteroatoms. The summed E-state index contributed by atoms with van der Waals surface area (Å²) in [5.74, 6) is 1.51. The van der Waals surface area contributed by atoms with Gasteiger partial charge in [0.2, 0.25) is 0 Å². The Labute approximate surface area is 185 Å². The van der Waals surface area contributed by atoms with E-state index >= 15 is 0 Å². The number of benzene rings is 1. The van der Waals surface area contributed by atoms with Crippen molar-refractivity contribution in [1.29, 1.82) is 0 Å².